The largest absolute Gasteiger partial charge is 0.295 e. The molecule has 3 nitrogen and oxygen atoms in total. The monoisotopic (exact) mass is 286 g/mol. The molecule has 1 aromatic rings. The van der Waals surface area contributed by atoms with Gasteiger partial charge in [0.15, 0.2) is 15.6 Å². The zero-order valence-electron chi connectivity index (χ0n) is 10.7. The third-order valence-corrected chi connectivity index (χ3v) is 5.57. The molecular weight excluding hydrogens is 268 g/mol. The van der Waals surface area contributed by atoms with Gasteiger partial charge in [0.1, 0.15) is 0 Å². The van der Waals surface area contributed by atoms with E-state index in [2.05, 4.69) is 0 Å². The molecule has 100 valence electrons. The molecule has 0 aliphatic rings. The molecule has 0 N–H and O–H groups in total. The number of carbonyl (C=O) groups excluding carboxylic acids is 1. The van der Waals surface area contributed by atoms with E-state index in [1.165, 1.54) is 18.7 Å². The summed E-state index contributed by atoms with van der Waals surface area (Å²) in [6, 6.07) is 7.25. The Morgan fingerprint density at radius 3 is 2.28 bits per heavy atom. The van der Waals surface area contributed by atoms with Crippen molar-refractivity contribution in [1.82, 2.24) is 0 Å². The van der Waals surface area contributed by atoms with E-state index in [9.17, 15) is 13.2 Å². The maximum absolute atomic E-state index is 11.5. The van der Waals surface area contributed by atoms with Crippen molar-refractivity contribution < 1.29 is 13.2 Å². The zero-order chi connectivity index (χ0) is 13.6. The number of hydrogen-bond donors (Lipinski definition) is 0. The van der Waals surface area contributed by atoms with E-state index in [1.54, 1.807) is 12.1 Å². The lowest BCUT2D eigenvalue weighted by Crippen LogP contribution is -2.12. The highest BCUT2D eigenvalue weighted by atomic mass is 32.2. The summed E-state index contributed by atoms with van der Waals surface area (Å²) in [5, 5.41) is 0. The molecule has 0 radical (unpaired) electrons. The van der Waals surface area contributed by atoms with E-state index in [4.69, 9.17) is 0 Å². The molecular formula is C13H18O3S2. The van der Waals surface area contributed by atoms with Gasteiger partial charge < -0.3 is 0 Å². The fraction of sp³-hybridized carbons (Fsp3) is 0.462. The van der Waals surface area contributed by atoms with Gasteiger partial charge in [-0.3, -0.25) is 4.79 Å². The summed E-state index contributed by atoms with van der Waals surface area (Å²) in [4.78, 5) is 12.1. The minimum Gasteiger partial charge on any atom is -0.295 e. The summed E-state index contributed by atoms with van der Waals surface area (Å²) in [5.41, 5.74) is 0.679. The van der Waals surface area contributed by atoms with Crippen molar-refractivity contribution in [3.05, 3.63) is 29.8 Å². The van der Waals surface area contributed by atoms with Gasteiger partial charge in [0.05, 0.1) is 5.75 Å². The van der Waals surface area contributed by atoms with Crippen LogP contribution in [0, 0.1) is 0 Å². The van der Waals surface area contributed by atoms with E-state index in [1.807, 2.05) is 19.1 Å². The quantitative estimate of drug-likeness (QED) is 0.571. The third kappa shape index (κ3) is 5.23. The Kier molecular flexibility index (Phi) is 5.88. The highest BCUT2D eigenvalue weighted by Crippen LogP contribution is 2.19. The highest BCUT2D eigenvalue weighted by Gasteiger charge is 2.09. The van der Waals surface area contributed by atoms with Crippen LogP contribution < -0.4 is 0 Å². The lowest BCUT2D eigenvalue weighted by Gasteiger charge is -2.03. The molecule has 0 aromatic heterocycles. The van der Waals surface area contributed by atoms with Gasteiger partial charge in [-0.05, 0) is 25.5 Å². The molecule has 1 rings (SSSR count). The molecule has 0 aliphatic heterocycles. The second kappa shape index (κ2) is 6.95. The summed E-state index contributed by atoms with van der Waals surface area (Å²) in [5.74, 6) is 1.07. The van der Waals surface area contributed by atoms with E-state index >= 15 is 0 Å². The molecule has 0 unspecified atom stereocenters. The van der Waals surface area contributed by atoms with Crippen LogP contribution in [-0.2, 0) is 9.84 Å². The Morgan fingerprint density at radius 2 is 1.78 bits per heavy atom. The number of thioether (sulfide) groups is 1. The smallest absolute Gasteiger partial charge is 0.159 e. The lowest BCUT2D eigenvalue weighted by molar-refractivity contribution is 0.101. The molecule has 0 saturated heterocycles. The topological polar surface area (TPSA) is 51.2 Å². The lowest BCUT2D eigenvalue weighted by atomic mass is 10.2. The molecule has 0 amide bonds. The Bertz CT molecular complexity index is 489. The number of rotatable bonds is 7. The molecule has 0 spiro atoms. The third-order valence-electron chi connectivity index (χ3n) is 2.44. The average Bonchev–Trinajstić information content (AvgIpc) is 2.29. The van der Waals surface area contributed by atoms with Gasteiger partial charge in [0.25, 0.3) is 0 Å². The number of benzene rings is 1. The predicted octanol–water partition coefficient (Wildman–Crippen LogP) is 2.81. The predicted molar refractivity (Wildman–Crippen MR) is 76.1 cm³/mol. The molecule has 18 heavy (non-hydrogen) atoms. The minimum atomic E-state index is -2.90. The van der Waals surface area contributed by atoms with E-state index in [0.29, 0.717) is 17.7 Å². The summed E-state index contributed by atoms with van der Waals surface area (Å²) >= 11 is 1.50. The van der Waals surface area contributed by atoms with Crippen LogP contribution in [0.5, 0.6) is 0 Å². The number of hydrogen-bond acceptors (Lipinski definition) is 4. The van der Waals surface area contributed by atoms with Crippen molar-refractivity contribution in [2.45, 2.75) is 25.2 Å². The first-order chi connectivity index (χ1) is 8.44. The van der Waals surface area contributed by atoms with E-state index in [0.717, 1.165) is 4.90 Å². The molecule has 0 atom stereocenters. The molecule has 1 aromatic carbocycles. The standard InChI is InChI=1S/C13H18O3S2/c1-3-9-18(15,16)10-8-17-13-6-4-12(5-7-13)11(2)14/h4-7H,3,8-10H2,1-2H3. The first-order valence-corrected chi connectivity index (χ1v) is 8.69. The van der Waals surface area contributed by atoms with Crippen molar-refractivity contribution in [2.75, 3.05) is 17.3 Å². The summed E-state index contributed by atoms with van der Waals surface area (Å²) in [6.45, 7) is 3.39. The van der Waals surface area contributed by atoms with Crippen LogP contribution in [0.15, 0.2) is 29.2 Å². The normalized spacial score (nSPS) is 11.4. The maximum Gasteiger partial charge on any atom is 0.159 e. The fourth-order valence-corrected chi connectivity index (χ4v) is 4.22. The first-order valence-electron chi connectivity index (χ1n) is 5.89. The van der Waals surface area contributed by atoms with Crippen molar-refractivity contribution in [3.8, 4) is 0 Å². The second-order valence-electron chi connectivity index (χ2n) is 4.08. The van der Waals surface area contributed by atoms with Crippen LogP contribution in [0.3, 0.4) is 0 Å². The number of sulfone groups is 1. The van der Waals surface area contributed by atoms with Crippen LogP contribution >= 0.6 is 11.8 Å². The van der Waals surface area contributed by atoms with E-state index < -0.39 is 9.84 Å². The van der Waals surface area contributed by atoms with Crippen LogP contribution in [0.2, 0.25) is 0 Å². The molecule has 5 heteroatoms. The van der Waals surface area contributed by atoms with Crippen LogP contribution in [0.25, 0.3) is 0 Å². The van der Waals surface area contributed by atoms with Gasteiger partial charge in [-0.2, -0.15) is 0 Å². The van der Waals surface area contributed by atoms with Gasteiger partial charge in [-0.1, -0.05) is 19.1 Å². The molecule has 0 fully saturated rings. The molecule has 0 heterocycles. The van der Waals surface area contributed by atoms with E-state index in [-0.39, 0.29) is 17.3 Å². The Hall–Kier alpha value is -0.810. The van der Waals surface area contributed by atoms with Gasteiger partial charge in [0.2, 0.25) is 0 Å². The molecule has 0 bridgehead atoms. The second-order valence-corrected chi connectivity index (χ2v) is 7.55. The summed E-state index contributed by atoms with van der Waals surface area (Å²) in [6.07, 6.45) is 0.667. The van der Waals surface area contributed by atoms with Crippen molar-refractivity contribution in [3.63, 3.8) is 0 Å². The van der Waals surface area contributed by atoms with Gasteiger partial charge >= 0.3 is 0 Å². The Balaban J connectivity index is 2.47. The van der Waals surface area contributed by atoms with Crippen molar-refractivity contribution in [2.24, 2.45) is 0 Å². The summed E-state index contributed by atoms with van der Waals surface area (Å²) < 4.78 is 23.0. The number of ketones is 1. The number of Topliss-reactive ketones (excluding diaryl/α,β-unsaturated/α-hetero) is 1. The highest BCUT2D eigenvalue weighted by molar-refractivity contribution is 8.00. The van der Waals surface area contributed by atoms with Crippen LogP contribution in [-0.4, -0.2) is 31.5 Å². The SMILES string of the molecule is CCCS(=O)(=O)CCSc1ccc(C(C)=O)cc1. The van der Waals surface area contributed by atoms with Gasteiger partial charge in [0, 0.05) is 22.0 Å². The molecule has 0 aliphatic carbocycles. The number of carbonyl (C=O) groups is 1. The van der Waals surface area contributed by atoms with Crippen LogP contribution in [0.1, 0.15) is 30.6 Å². The molecule has 0 saturated carbocycles. The maximum atomic E-state index is 11.5. The fourth-order valence-electron chi connectivity index (χ4n) is 1.49. The van der Waals surface area contributed by atoms with Crippen molar-refractivity contribution in [1.29, 1.82) is 0 Å². The minimum absolute atomic E-state index is 0.0390. The Labute approximate surface area is 113 Å². The van der Waals surface area contributed by atoms with Crippen LogP contribution in [0.4, 0.5) is 0 Å². The summed E-state index contributed by atoms with van der Waals surface area (Å²) in [7, 11) is -2.90. The van der Waals surface area contributed by atoms with Gasteiger partial charge in [-0.25, -0.2) is 8.42 Å². The first kappa shape index (κ1) is 15.2. The average molecular weight is 286 g/mol. The van der Waals surface area contributed by atoms with Crippen molar-refractivity contribution >= 4 is 27.4 Å². The van der Waals surface area contributed by atoms with Gasteiger partial charge in [-0.15, -0.1) is 11.8 Å². The zero-order valence-corrected chi connectivity index (χ0v) is 12.3. The Morgan fingerprint density at radius 1 is 1.17 bits per heavy atom.